The van der Waals surface area contributed by atoms with Crippen LogP contribution in [0.3, 0.4) is 0 Å². The molecule has 0 aromatic heterocycles. The Hall–Kier alpha value is -0.160. The van der Waals surface area contributed by atoms with E-state index in [1.54, 1.807) is 0 Å². The summed E-state index contributed by atoms with van der Waals surface area (Å²) in [6.45, 7) is 2.59. The lowest BCUT2D eigenvalue weighted by Gasteiger charge is -2.45. The highest BCUT2D eigenvalue weighted by Gasteiger charge is 2.49. The molecule has 2 aliphatic carbocycles. The molecule has 0 radical (unpaired) electrons. The Morgan fingerprint density at radius 2 is 1.67 bits per heavy atom. The standard InChI is InChI=1S/C17H29NO3/c19-16-7-8-17(20-10-11-21-17)12-15(16)18-9-3-6-14(18)13-4-1-2-5-13/h13-16,19H,1-12H2. The topological polar surface area (TPSA) is 41.9 Å². The van der Waals surface area contributed by atoms with Crippen molar-refractivity contribution in [3.05, 3.63) is 0 Å². The highest BCUT2D eigenvalue weighted by Crippen LogP contribution is 2.42. The Labute approximate surface area is 127 Å². The monoisotopic (exact) mass is 295 g/mol. The Balaban J connectivity index is 1.49. The molecule has 4 heteroatoms. The minimum Gasteiger partial charge on any atom is -0.391 e. The van der Waals surface area contributed by atoms with Gasteiger partial charge in [-0.3, -0.25) is 4.90 Å². The molecule has 0 aromatic carbocycles. The molecule has 4 fully saturated rings. The van der Waals surface area contributed by atoms with Gasteiger partial charge in [0.25, 0.3) is 0 Å². The highest BCUT2D eigenvalue weighted by molar-refractivity contribution is 4.98. The van der Waals surface area contributed by atoms with Gasteiger partial charge < -0.3 is 14.6 Å². The van der Waals surface area contributed by atoms with E-state index in [0.29, 0.717) is 6.04 Å². The molecule has 2 saturated heterocycles. The van der Waals surface area contributed by atoms with Crippen molar-refractivity contribution >= 4 is 0 Å². The third kappa shape index (κ3) is 2.65. The van der Waals surface area contributed by atoms with Gasteiger partial charge in [0, 0.05) is 24.9 Å². The molecule has 2 heterocycles. The first kappa shape index (κ1) is 14.4. The normalized spacial score (nSPS) is 41.3. The predicted octanol–water partition coefficient (Wildman–Crippen LogP) is 2.30. The number of ether oxygens (including phenoxy) is 2. The summed E-state index contributed by atoms with van der Waals surface area (Å²) < 4.78 is 11.8. The van der Waals surface area contributed by atoms with Gasteiger partial charge in [-0.05, 0) is 44.6 Å². The molecule has 0 amide bonds. The first-order chi connectivity index (χ1) is 10.3. The minimum absolute atomic E-state index is 0.203. The molecular formula is C17H29NO3. The molecule has 3 unspecified atom stereocenters. The van der Waals surface area contributed by atoms with Crippen LogP contribution in [0, 0.1) is 5.92 Å². The zero-order valence-corrected chi connectivity index (χ0v) is 13.0. The van der Waals surface area contributed by atoms with E-state index in [2.05, 4.69) is 4.90 Å². The molecule has 21 heavy (non-hydrogen) atoms. The SMILES string of the molecule is OC1CCC2(CC1N1CCCC1C1CCCC1)OCCO2. The summed E-state index contributed by atoms with van der Waals surface area (Å²) >= 11 is 0. The Kier molecular flexibility index (Phi) is 3.99. The molecule has 1 spiro atoms. The van der Waals surface area contributed by atoms with Gasteiger partial charge in [-0.1, -0.05) is 12.8 Å². The average Bonchev–Trinajstić information content (AvgIpc) is 3.21. The first-order valence-corrected chi connectivity index (χ1v) is 8.99. The second kappa shape index (κ2) is 5.80. The molecule has 3 atom stereocenters. The van der Waals surface area contributed by atoms with Crippen molar-refractivity contribution in [2.75, 3.05) is 19.8 Å². The summed E-state index contributed by atoms with van der Waals surface area (Å²) in [4.78, 5) is 2.63. The maximum atomic E-state index is 10.6. The number of hydrogen-bond acceptors (Lipinski definition) is 4. The molecule has 2 aliphatic heterocycles. The van der Waals surface area contributed by atoms with Crippen LogP contribution in [-0.2, 0) is 9.47 Å². The Morgan fingerprint density at radius 3 is 2.43 bits per heavy atom. The van der Waals surface area contributed by atoms with Gasteiger partial charge in [0.15, 0.2) is 5.79 Å². The van der Waals surface area contributed by atoms with Gasteiger partial charge in [0.1, 0.15) is 0 Å². The molecule has 4 nitrogen and oxygen atoms in total. The molecule has 1 N–H and O–H groups in total. The molecule has 120 valence electrons. The maximum absolute atomic E-state index is 10.6. The first-order valence-electron chi connectivity index (χ1n) is 8.99. The molecular weight excluding hydrogens is 266 g/mol. The lowest BCUT2D eigenvalue weighted by Crippen LogP contribution is -2.55. The molecule has 4 aliphatic rings. The highest BCUT2D eigenvalue weighted by atomic mass is 16.7. The number of rotatable bonds is 2. The van der Waals surface area contributed by atoms with Gasteiger partial charge in [-0.25, -0.2) is 0 Å². The van der Waals surface area contributed by atoms with E-state index in [-0.39, 0.29) is 17.9 Å². The van der Waals surface area contributed by atoms with Crippen LogP contribution in [0.4, 0.5) is 0 Å². The second-order valence-corrected chi connectivity index (χ2v) is 7.48. The fourth-order valence-corrected chi connectivity index (χ4v) is 5.29. The van der Waals surface area contributed by atoms with Gasteiger partial charge in [0.2, 0.25) is 0 Å². The van der Waals surface area contributed by atoms with Crippen LogP contribution < -0.4 is 0 Å². The van der Waals surface area contributed by atoms with E-state index in [1.807, 2.05) is 0 Å². The lowest BCUT2D eigenvalue weighted by atomic mass is 9.85. The summed E-state index contributed by atoms with van der Waals surface area (Å²) in [6.07, 6.45) is 10.5. The summed E-state index contributed by atoms with van der Waals surface area (Å²) in [5.74, 6) is 0.482. The molecule has 2 saturated carbocycles. The van der Waals surface area contributed by atoms with E-state index >= 15 is 0 Å². The van der Waals surface area contributed by atoms with Crippen molar-refractivity contribution in [1.29, 1.82) is 0 Å². The van der Waals surface area contributed by atoms with Crippen molar-refractivity contribution in [2.45, 2.75) is 81.8 Å². The Bertz CT molecular complexity index is 363. The zero-order chi connectivity index (χ0) is 14.3. The van der Waals surface area contributed by atoms with Crippen LogP contribution in [0.2, 0.25) is 0 Å². The summed E-state index contributed by atoms with van der Waals surface area (Å²) in [6, 6.07) is 0.939. The molecule has 4 rings (SSSR count). The van der Waals surface area contributed by atoms with E-state index in [1.165, 1.54) is 38.5 Å². The number of nitrogens with zero attached hydrogens (tertiary/aromatic N) is 1. The van der Waals surface area contributed by atoms with Crippen LogP contribution in [0.1, 0.15) is 57.8 Å². The smallest absolute Gasteiger partial charge is 0.170 e. The van der Waals surface area contributed by atoms with Crippen molar-refractivity contribution in [3.63, 3.8) is 0 Å². The summed E-state index contributed by atoms with van der Waals surface area (Å²) in [5, 5.41) is 10.6. The van der Waals surface area contributed by atoms with Gasteiger partial charge in [-0.15, -0.1) is 0 Å². The van der Waals surface area contributed by atoms with Gasteiger partial charge in [-0.2, -0.15) is 0 Å². The van der Waals surface area contributed by atoms with Crippen molar-refractivity contribution in [2.24, 2.45) is 5.92 Å². The predicted molar refractivity (Wildman–Crippen MR) is 80.0 cm³/mol. The van der Waals surface area contributed by atoms with Crippen LogP contribution >= 0.6 is 0 Å². The van der Waals surface area contributed by atoms with Crippen molar-refractivity contribution < 1.29 is 14.6 Å². The lowest BCUT2D eigenvalue weighted by molar-refractivity contribution is -0.206. The summed E-state index contributed by atoms with van der Waals surface area (Å²) in [7, 11) is 0. The van der Waals surface area contributed by atoms with Crippen molar-refractivity contribution in [3.8, 4) is 0 Å². The fourth-order valence-electron chi connectivity index (χ4n) is 5.29. The van der Waals surface area contributed by atoms with Gasteiger partial charge >= 0.3 is 0 Å². The Morgan fingerprint density at radius 1 is 0.905 bits per heavy atom. The maximum Gasteiger partial charge on any atom is 0.170 e. The molecule has 0 aromatic rings. The van der Waals surface area contributed by atoms with E-state index < -0.39 is 0 Å². The van der Waals surface area contributed by atoms with Crippen LogP contribution in [0.5, 0.6) is 0 Å². The van der Waals surface area contributed by atoms with Crippen LogP contribution in [0.15, 0.2) is 0 Å². The number of aliphatic hydroxyl groups is 1. The number of hydrogen-bond donors (Lipinski definition) is 1. The fraction of sp³-hybridized carbons (Fsp3) is 1.00. The largest absolute Gasteiger partial charge is 0.391 e. The van der Waals surface area contributed by atoms with E-state index in [9.17, 15) is 5.11 Å². The van der Waals surface area contributed by atoms with Gasteiger partial charge in [0.05, 0.1) is 19.3 Å². The summed E-state index contributed by atoms with van der Waals surface area (Å²) in [5.41, 5.74) is 0. The van der Waals surface area contributed by atoms with Crippen LogP contribution in [0.25, 0.3) is 0 Å². The molecule has 0 bridgehead atoms. The van der Waals surface area contributed by atoms with Crippen LogP contribution in [-0.4, -0.2) is 53.7 Å². The van der Waals surface area contributed by atoms with E-state index in [4.69, 9.17) is 9.47 Å². The second-order valence-electron chi connectivity index (χ2n) is 7.48. The number of likely N-dealkylation sites (tertiary alicyclic amines) is 1. The van der Waals surface area contributed by atoms with E-state index in [0.717, 1.165) is 44.9 Å². The number of aliphatic hydroxyl groups excluding tert-OH is 1. The third-order valence-corrected chi connectivity index (χ3v) is 6.31. The zero-order valence-electron chi connectivity index (χ0n) is 13.0. The minimum atomic E-state index is -0.382. The van der Waals surface area contributed by atoms with Crippen molar-refractivity contribution in [1.82, 2.24) is 4.90 Å². The third-order valence-electron chi connectivity index (χ3n) is 6.31. The quantitative estimate of drug-likeness (QED) is 0.849. The average molecular weight is 295 g/mol.